The average molecular weight is 252 g/mol. The molecule has 0 aromatic heterocycles. The third-order valence-electron chi connectivity index (χ3n) is 5.17. The highest BCUT2D eigenvalue weighted by Crippen LogP contribution is 2.37. The van der Waals surface area contributed by atoms with Gasteiger partial charge in [-0.1, -0.05) is 27.2 Å². The van der Waals surface area contributed by atoms with Gasteiger partial charge in [-0.05, 0) is 63.1 Å². The third kappa shape index (κ3) is 3.27. The van der Waals surface area contributed by atoms with Crippen molar-refractivity contribution < 1.29 is 0 Å². The van der Waals surface area contributed by atoms with E-state index in [1.165, 1.54) is 64.7 Å². The monoisotopic (exact) mass is 252 g/mol. The standard InChI is InChI=1S/C16H32N2/c1-4-7-16(8-10-17-11-9-16)13-18-12-5-6-15(18)14(2)3/h14-15,17H,4-13H2,1-3H3. The zero-order valence-corrected chi connectivity index (χ0v) is 12.7. The average Bonchev–Trinajstić information content (AvgIpc) is 2.78. The van der Waals surface area contributed by atoms with E-state index in [-0.39, 0.29) is 0 Å². The normalized spacial score (nSPS) is 29.0. The lowest BCUT2D eigenvalue weighted by molar-refractivity contribution is 0.0804. The minimum atomic E-state index is 0.622. The molecule has 1 atom stereocenters. The predicted molar refractivity (Wildman–Crippen MR) is 78.9 cm³/mol. The molecule has 0 aliphatic carbocycles. The molecule has 2 rings (SSSR count). The highest BCUT2D eigenvalue weighted by atomic mass is 15.2. The van der Waals surface area contributed by atoms with E-state index >= 15 is 0 Å². The van der Waals surface area contributed by atoms with E-state index in [4.69, 9.17) is 0 Å². The highest BCUT2D eigenvalue weighted by molar-refractivity contribution is 4.91. The quantitative estimate of drug-likeness (QED) is 0.808. The molecular weight excluding hydrogens is 220 g/mol. The van der Waals surface area contributed by atoms with E-state index < -0.39 is 0 Å². The smallest absolute Gasteiger partial charge is 0.0119 e. The van der Waals surface area contributed by atoms with Gasteiger partial charge in [-0.2, -0.15) is 0 Å². The van der Waals surface area contributed by atoms with Crippen LogP contribution in [0.4, 0.5) is 0 Å². The van der Waals surface area contributed by atoms with Crippen LogP contribution < -0.4 is 5.32 Å². The first-order valence-corrected chi connectivity index (χ1v) is 8.12. The summed E-state index contributed by atoms with van der Waals surface area (Å²) in [5.74, 6) is 0.827. The van der Waals surface area contributed by atoms with Gasteiger partial charge in [-0.15, -0.1) is 0 Å². The Balaban J connectivity index is 1.99. The van der Waals surface area contributed by atoms with Crippen LogP contribution in [0.15, 0.2) is 0 Å². The SMILES string of the molecule is CCCC1(CN2CCCC2C(C)C)CCNCC1. The topological polar surface area (TPSA) is 15.3 Å². The van der Waals surface area contributed by atoms with Gasteiger partial charge in [0.15, 0.2) is 0 Å². The molecule has 0 amide bonds. The Morgan fingerprint density at radius 1 is 1.28 bits per heavy atom. The van der Waals surface area contributed by atoms with Crippen molar-refractivity contribution >= 4 is 0 Å². The largest absolute Gasteiger partial charge is 0.317 e. The molecule has 106 valence electrons. The lowest BCUT2D eigenvalue weighted by Gasteiger charge is -2.43. The van der Waals surface area contributed by atoms with Crippen LogP contribution in [0.25, 0.3) is 0 Å². The Morgan fingerprint density at radius 3 is 2.61 bits per heavy atom. The summed E-state index contributed by atoms with van der Waals surface area (Å²) in [4.78, 5) is 2.83. The van der Waals surface area contributed by atoms with Crippen molar-refractivity contribution in [3.63, 3.8) is 0 Å². The summed E-state index contributed by atoms with van der Waals surface area (Å²) >= 11 is 0. The second kappa shape index (κ2) is 6.38. The Labute approximate surface area is 114 Å². The van der Waals surface area contributed by atoms with E-state index in [0.717, 1.165) is 12.0 Å². The Bertz CT molecular complexity index is 238. The number of hydrogen-bond acceptors (Lipinski definition) is 2. The third-order valence-corrected chi connectivity index (χ3v) is 5.17. The summed E-state index contributed by atoms with van der Waals surface area (Å²) in [6, 6.07) is 0.855. The first kappa shape index (κ1) is 14.3. The molecule has 0 spiro atoms. The minimum absolute atomic E-state index is 0.622. The van der Waals surface area contributed by atoms with Crippen LogP contribution >= 0.6 is 0 Å². The number of nitrogens with one attached hydrogen (secondary N) is 1. The molecule has 2 aliphatic heterocycles. The Morgan fingerprint density at radius 2 is 2.00 bits per heavy atom. The van der Waals surface area contributed by atoms with Crippen LogP contribution in [0.3, 0.4) is 0 Å². The summed E-state index contributed by atoms with van der Waals surface area (Å²) in [5.41, 5.74) is 0.622. The molecule has 2 fully saturated rings. The van der Waals surface area contributed by atoms with Gasteiger partial charge >= 0.3 is 0 Å². The van der Waals surface area contributed by atoms with Gasteiger partial charge in [0.05, 0.1) is 0 Å². The summed E-state index contributed by atoms with van der Waals surface area (Å²) < 4.78 is 0. The van der Waals surface area contributed by atoms with E-state index in [0.29, 0.717) is 5.41 Å². The fourth-order valence-corrected chi connectivity index (χ4v) is 4.21. The lowest BCUT2D eigenvalue weighted by atomic mass is 9.74. The van der Waals surface area contributed by atoms with Crippen LogP contribution in [0.2, 0.25) is 0 Å². The number of rotatable bonds is 5. The van der Waals surface area contributed by atoms with Crippen LogP contribution in [0.1, 0.15) is 59.3 Å². The minimum Gasteiger partial charge on any atom is -0.317 e. The number of likely N-dealkylation sites (tertiary alicyclic amines) is 1. The first-order valence-electron chi connectivity index (χ1n) is 8.12. The van der Waals surface area contributed by atoms with Gasteiger partial charge in [-0.3, -0.25) is 4.90 Å². The van der Waals surface area contributed by atoms with Crippen LogP contribution in [0, 0.1) is 11.3 Å². The van der Waals surface area contributed by atoms with Gasteiger partial charge in [0, 0.05) is 12.6 Å². The maximum atomic E-state index is 3.54. The van der Waals surface area contributed by atoms with Crippen molar-refractivity contribution in [2.24, 2.45) is 11.3 Å². The molecule has 0 bridgehead atoms. The molecule has 2 heterocycles. The second-order valence-electron chi connectivity index (χ2n) is 6.92. The van der Waals surface area contributed by atoms with Gasteiger partial charge in [0.2, 0.25) is 0 Å². The van der Waals surface area contributed by atoms with Crippen LogP contribution in [0.5, 0.6) is 0 Å². The zero-order chi connectivity index (χ0) is 13.0. The number of piperidine rings is 1. The van der Waals surface area contributed by atoms with Gasteiger partial charge in [-0.25, -0.2) is 0 Å². The summed E-state index contributed by atoms with van der Waals surface area (Å²) in [5, 5.41) is 3.54. The molecule has 2 heteroatoms. The van der Waals surface area contributed by atoms with Crippen molar-refractivity contribution in [1.29, 1.82) is 0 Å². The van der Waals surface area contributed by atoms with Crippen LogP contribution in [-0.4, -0.2) is 37.1 Å². The van der Waals surface area contributed by atoms with Gasteiger partial charge in [0.1, 0.15) is 0 Å². The van der Waals surface area contributed by atoms with Gasteiger partial charge in [0.25, 0.3) is 0 Å². The summed E-state index contributed by atoms with van der Waals surface area (Å²) in [6.45, 7) is 12.3. The van der Waals surface area contributed by atoms with E-state index in [1.54, 1.807) is 0 Å². The zero-order valence-electron chi connectivity index (χ0n) is 12.7. The van der Waals surface area contributed by atoms with E-state index in [9.17, 15) is 0 Å². The van der Waals surface area contributed by atoms with Crippen molar-refractivity contribution in [2.45, 2.75) is 65.3 Å². The molecule has 0 saturated carbocycles. The fraction of sp³-hybridized carbons (Fsp3) is 1.00. The maximum Gasteiger partial charge on any atom is 0.0119 e. The maximum absolute atomic E-state index is 3.54. The molecule has 0 aromatic carbocycles. The molecule has 0 radical (unpaired) electrons. The summed E-state index contributed by atoms with van der Waals surface area (Å²) in [7, 11) is 0. The molecule has 18 heavy (non-hydrogen) atoms. The number of hydrogen-bond donors (Lipinski definition) is 1. The van der Waals surface area contributed by atoms with Crippen LogP contribution in [-0.2, 0) is 0 Å². The Kier molecular flexibility index (Phi) is 5.08. The molecule has 0 aromatic rings. The van der Waals surface area contributed by atoms with Gasteiger partial charge < -0.3 is 5.32 Å². The molecule has 2 aliphatic rings. The van der Waals surface area contributed by atoms with Crippen molar-refractivity contribution in [3.8, 4) is 0 Å². The van der Waals surface area contributed by atoms with Crippen molar-refractivity contribution in [3.05, 3.63) is 0 Å². The molecule has 1 unspecified atom stereocenters. The van der Waals surface area contributed by atoms with Crippen molar-refractivity contribution in [2.75, 3.05) is 26.2 Å². The van der Waals surface area contributed by atoms with Crippen molar-refractivity contribution in [1.82, 2.24) is 10.2 Å². The first-order chi connectivity index (χ1) is 8.67. The predicted octanol–water partition coefficient (Wildman–Crippen LogP) is 3.28. The fourth-order valence-electron chi connectivity index (χ4n) is 4.21. The lowest BCUT2D eigenvalue weighted by Crippen LogP contribution is -2.47. The number of nitrogens with zero attached hydrogens (tertiary/aromatic N) is 1. The molecular formula is C16H32N2. The Hall–Kier alpha value is -0.0800. The highest BCUT2D eigenvalue weighted by Gasteiger charge is 2.37. The molecule has 1 N–H and O–H groups in total. The van der Waals surface area contributed by atoms with E-state index in [1.807, 2.05) is 0 Å². The van der Waals surface area contributed by atoms with E-state index in [2.05, 4.69) is 31.0 Å². The molecule has 2 saturated heterocycles. The second-order valence-corrected chi connectivity index (χ2v) is 6.92. The molecule has 2 nitrogen and oxygen atoms in total. The summed E-state index contributed by atoms with van der Waals surface area (Å²) in [6.07, 6.45) is 8.40.